The van der Waals surface area contributed by atoms with Crippen LogP contribution < -0.4 is 22.1 Å². The number of fused-ring (bicyclic) bond motifs is 1. The zero-order chi connectivity index (χ0) is 46.8. The van der Waals surface area contributed by atoms with Gasteiger partial charge in [0.05, 0.1) is 32.3 Å². The second-order valence-corrected chi connectivity index (χ2v) is 18.5. The normalized spacial score (nSPS) is 11.2. The fraction of sp³-hybridized carbons (Fsp3) is 0.457. The van der Waals surface area contributed by atoms with Gasteiger partial charge in [0.1, 0.15) is 5.69 Å². The summed E-state index contributed by atoms with van der Waals surface area (Å²) in [5.41, 5.74) is 16.5. The Hall–Kier alpha value is -4.88. The highest BCUT2D eigenvalue weighted by atomic mass is 79.9. The molecule has 5 aromatic rings. The molecule has 0 fully saturated rings. The first-order chi connectivity index (χ1) is 28.8. The number of nitro groups is 2. The Morgan fingerprint density at radius 1 is 0.609 bits per heavy atom. The molecule has 6 N–H and O–H groups in total. The number of rotatable bonds is 16. The molecular formula is C46H72Br2FN11O4. The highest BCUT2D eigenvalue weighted by Crippen LogP contribution is 2.27. The van der Waals surface area contributed by atoms with Gasteiger partial charge in [-0.2, -0.15) is 4.39 Å². The Labute approximate surface area is 400 Å². The number of nitrogens with one attached hydrogen (secondary N) is 2. The topological polar surface area (TPSA) is 190 Å². The van der Waals surface area contributed by atoms with Crippen molar-refractivity contribution in [1.82, 2.24) is 24.3 Å². The van der Waals surface area contributed by atoms with E-state index in [9.17, 15) is 24.6 Å². The van der Waals surface area contributed by atoms with Crippen molar-refractivity contribution in [3.63, 3.8) is 0 Å². The van der Waals surface area contributed by atoms with Crippen LogP contribution in [0.25, 0.3) is 11.0 Å². The number of nitrogens with two attached hydrogens (primary N) is 2. The number of para-hydroxylation sites is 7. The molecule has 356 valence electrons. The first-order valence-corrected chi connectivity index (χ1v) is 20.4. The van der Waals surface area contributed by atoms with Gasteiger partial charge in [-0.25, -0.2) is 4.98 Å². The average Bonchev–Trinajstić information content (AvgIpc) is 3.46. The van der Waals surface area contributed by atoms with E-state index in [1.165, 1.54) is 18.2 Å². The van der Waals surface area contributed by atoms with E-state index in [1.807, 2.05) is 56.6 Å². The summed E-state index contributed by atoms with van der Waals surface area (Å²) in [6.07, 6.45) is 0. The molecule has 15 nitrogen and oxygen atoms in total. The Morgan fingerprint density at radius 3 is 1.48 bits per heavy atom. The third-order valence-corrected chi connectivity index (χ3v) is 9.13. The molecule has 1 heterocycles. The molecule has 0 saturated carbocycles. The van der Waals surface area contributed by atoms with Crippen molar-refractivity contribution in [2.75, 3.05) is 97.1 Å². The van der Waals surface area contributed by atoms with Crippen molar-refractivity contribution in [1.29, 1.82) is 0 Å². The van der Waals surface area contributed by atoms with Crippen LogP contribution in [0.5, 0.6) is 0 Å². The Kier molecular flexibility index (Phi) is 25.4. The molecule has 0 amide bonds. The van der Waals surface area contributed by atoms with Crippen molar-refractivity contribution in [3.8, 4) is 0 Å². The zero-order valence-electron chi connectivity index (χ0n) is 39.6. The summed E-state index contributed by atoms with van der Waals surface area (Å²) in [6, 6.07) is 27.7. The smallest absolute Gasteiger partial charge is 0.304 e. The van der Waals surface area contributed by atoms with Gasteiger partial charge < -0.3 is 41.4 Å². The van der Waals surface area contributed by atoms with Crippen LogP contribution in [0, 0.1) is 42.3 Å². The molecule has 0 saturated heterocycles. The summed E-state index contributed by atoms with van der Waals surface area (Å²) in [5, 5.41) is 27.4. The van der Waals surface area contributed by atoms with Gasteiger partial charge in [-0.05, 0) is 94.9 Å². The minimum Gasteiger partial charge on any atom is -0.397 e. The van der Waals surface area contributed by atoms with Gasteiger partial charge in [-0.1, -0.05) is 90.1 Å². The van der Waals surface area contributed by atoms with E-state index in [0.29, 0.717) is 18.2 Å². The summed E-state index contributed by atoms with van der Waals surface area (Å²) in [7, 11) is 12.4. The lowest BCUT2D eigenvalue weighted by atomic mass is 9.92. The summed E-state index contributed by atoms with van der Waals surface area (Å²) >= 11 is 0. The van der Waals surface area contributed by atoms with Crippen molar-refractivity contribution in [2.24, 2.45) is 16.2 Å². The standard InChI is InChI=1S/C14H22N4.C13H21N3O2.C13H23N3.C6H4FNO2.2BrH/c1-14(2,9-17(3)4)10-18-12-8-6-5-7-11(12)16-13(18)15;1-13(2,10-15(3)4)9-14-11-7-5-6-8-12(11)16(17)18;1-13(2,10-16(3)4)9-15-12-8-6-5-7-11(12)14;7-5-3-1-2-4-6(5)8(9)10;;/h5-8H,9-10H2,1-4H3,(H2,15,16);5-8,14H,9-10H2,1-4H3;5-8,15H,9-10,14H2,1-4H3;1-4H;2*1H. The van der Waals surface area contributed by atoms with Crippen LogP contribution in [0.2, 0.25) is 0 Å². The summed E-state index contributed by atoms with van der Waals surface area (Å²) < 4.78 is 14.5. The highest BCUT2D eigenvalue weighted by molar-refractivity contribution is 8.93. The lowest BCUT2D eigenvalue weighted by Crippen LogP contribution is -2.34. The first-order valence-electron chi connectivity index (χ1n) is 20.4. The average molecular weight is 1020 g/mol. The second-order valence-electron chi connectivity index (χ2n) is 18.5. The van der Waals surface area contributed by atoms with E-state index in [0.717, 1.165) is 67.3 Å². The lowest BCUT2D eigenvalue weighted by molar-refractivity contribution is -0.387. The molecule has 0 atom stereocenters. The maximum atomic E-state index is 12.4. The number of nitrogens with zero attached hydrogens (tertiary/aromatic N) is 7. The number of hydrogen-bond donors (Lipinski definition) is 4. The number of aromatic nitrogens is 2. The highest BCUT2D eigenvalue weighted by Gasteiger charge is 2.23. The molecule has 0 bridgehead atoms. The zero-order valence-corrected chi connectivity index (χ0v) is 43.0. The van der Waals surface area contributed by atoms with E-state index < -0.39 is 16.4 Å². The van der Waals surface area contributed by atoms with Crippen molar-refractivity contribution in [2.45, 2.75) is 48.1 Å². The predicted octanol–water partition coefficient (Wildman–Crippen LogP) is 9.96. The number of nitro benzene ring substituents is 2. The quantitative estimate of drug-likeness (QED) is 0.0417. The van der Waals surface area contributed by atoms with Gasteiger partial charge in [-0.3, -0.25) is 20.2 Å². The number of nitrogen functional groups attached to an aromatic ring is 2. The fourth-order valence-corrected chi connectivity index (χ4v) is 7.13. The summed E-state index contributed by atoms with van der Waals surface area (Å²) in [6.45, 7) is 18.7. The molecule has 0 spiro atoms. The number of anilines is 4. The van der Waals surface area contributed by atoms with Crippen LogP contribution in [-0.2, 0) is 6.54 Å². The van der Waals surface area contributed by atoms with Crippen LogP contribution in [-0.4, -0.2) is 109 Å². The van der Waals surface area contributed by atoms with Gasteiger partial charge in [0.2, 0.25) is 11.8 Å². The molecule has 5 rings (SSSR count). The van der Waals surface area contributed by atoms with Gasteiger partial charge in [-0.15, -0.1) is 34.0 Å². The lowest BCUT2D eigenvalue weighted by Gasteiger charge is -2.29. The Bertz CT molecular complexity index is 2170. The number of benzene rings is 4. The molecule has 0 radical (unpaired) electrons. The van der Waals surface area contributed by atoms with E-state index in [2.05, 4.69) is 111 Å². The molecule has 64 heavy (non-hydrogen) atoms. The van der Waals surface area contributed by atoms with E-state index >= 15 is 0 Å². The molecule has 0 aliphatic rings. The third-order valence-electron chi connectivity index (χ3n) is 9.13. The SMILES string of the molecule is Br.Br.CN(C)CC(C)(C)CNc1ccccc1N.CN(C)CC(C)(C)CNc1ccccc1[N+](=O)[O-].CN(C)CC(C)(C)Cn1c(N)nc2ccccc21.O=[N+]([O-])c1ccccc1F. The van der Waals surface area contributed by atoms with Crippen LogP contribution in [0.3, 0.4) is 0 Å². The minimum absolute atomic E-state index is 0. The number of hydrogen-bond acceptors (Lipinski definition) is 12. The predicted molar refractivity (Wildman–Crippen MR) is 276 cm³/mol. The molecule has 0 aliphatic carbocycles. The fourth-order valence-electron chi connectivity index (χ4n) is 7.13. The number of halogens is 3. The van der Waals surface area contributed by atoms with Gasteiger partial charge in [0.15, 0.2) is 0 Å². The molecule has 4 aromatic carbocycles. The largest absolute Gasteiger partial charge is 0.397 e. The maximum absolute atomic E-state index is 12.4. The van der Waals surface area contributed by atoms with E-state index in [4.69, 9.17) is 11.5 Å². The molecule has 18 heteroatoms. The number of imidazole rings is 1. The monoisotopic (exact) mass is 1020 g/mol. The second kappa shape index (κ2) is 27.4. The Morgan fingerprint density at radius 2 is 1.02 bits per heavy atom. The molecule has 0 aliphatic heterocycles. The molecular weight excluding hydrogens is 949 g/mol. The van der Waals surface area contributed by atoms with Crippen molar-refractivity contribution >= 4 is 79.4 Å². The van der Waals surface area contributed by atoms with Crippen LogP contribution in [0.4, 0.5) is 38.8 Å². The van der Waals surface area contributed by atoms with Crippen molar-refractivity contribution in [3.05, 3.63) is 123 Å². The van der Waals surface area contributed by atoms with E-state index in [1.54, 1.807) is 18.2 Å². The van der Waals surface area contributed by atoms with E-state index in [-0.39, 0.29) is 60.8 Å². The van der Waals surface area contributed by atoms with Crippen LogP contribution in [0.15, 0.2) is 97.1 Å². The van der Waals surface area contributed by atoms with Crippen LogP contribution >= 0.6 is 34.0 Å². The van der Waals surface area contributed by atoms with Crippen molar-refractivity contribution < 1.29 is 14.2 Å². The molecule has 0 unspecified atom stereocenters. The first kappa shape index (κ1) is 59.1. The molecule has 1 aromatic heterocycles. The van der Waals surface area contributed by atoms with Gasteiger partial charge in [0, 0.05) is 51.4 Å². The minimum atomic E-state index is -0.799. The maximum Gasteiger partial charge on any atom is 0.304 e. The summed E-state index contributed by atoms with van der Waals surface area (Å²) in [5.74, 6) is -0.199. The third kappa shape index (κ3) is 21.7. The van der Waals surface area contributed by atoms with Gasteiger partial charge in [0.25, 0.3) is 5.69 Å². The van der Waals surface area contributed by atoms with Crippen LogP contribution in [0.1, 0.15) is 41.5 Å². The van der Waals surface area contributed by atoms with Gasteiger partial charge >= 0.3 is 5.69 Å². The Balaban J connectivity index is 0.000000833. The summed E-state index contributed by atoms with van der Waals surface area (Å²) in [4.78, 5) is 30.7.